The van der Waals surface area contributed by atoms with Gasteiger partial charge in [0, 0.05) is 24.7 Å². The number of hydrogen-bond donors (Lipinski definition) is 1. The molecule has 0 spiro atoms. The Morgan fingerprint density at radius 3 is 2.55 bits per heavy atom. The second kappa shape index (κ2) is 6.50. The van der Waals surface area contributed by atoms with Crippen LogP contribution in [0.3, 0.4) is 0 Å². The maximum absolute atomic E-state index is 4.66. The minimum Gasteiger partial charge on any atom is -0.370 e. The second-order valence-corrected chi connectivity index (χ2v) is 5.02. The second-order valence-electron chi connectivity index (χ2n) is 5.02. The lowest BCUT2D eigenvalue weighted by Crippen LogP contribution is -2.12. The van der Waals surface area contributed by atoms with Crippen LogP contribution in [0, 0.1) is 13.8 Å². The van der Waals surface area contributed by atoms with E-state index >= 15 is 0 Å². The maximum Gasteiger partial charge on any atom is 0.162 e. The Kier molecular flexibility index (Phi) is 4.71. The van der Waals surface area contributed by atoms with Crippen molar-refractivity contribution >= 4 is 5.82 Å². The van der Waals surface area contributed by atoms with Crippen molar-refractivity contribution in [2.24, 2.45) is 0 Å². The van der Waals surface area contributed by atoms with Crippen LogP contribution < -0.4 is 5.32 Å². The predicted octanol–water partition coefficient (Wildman–Crippen LogP) is 3.05. The quantitative estimate of drug-likeness (QED) is 0.879. The van der Waals surface area contributed by atoms with Crippen LogP contribution in [0.4, 0.5) is 5.82 Å². The lowest BCUT2D eigenvalue weighted by atomic mass is 10.2. The zero-order valence-electron chi connectivity index (χ0n) is 12.8. The average Bonchev–Trinajstić information content (AvgIpc) is 2.85. The summed E-state index contributed by atoms with van der Waals surface area (Å²) < 4.78 is 1.84. The normalized spacial score (nSPS) is 10.8. The summed E-state index contributed by atoms with van der Waals surface area (Å²) in [4.78, 5) is 9.29. The summed E-state index contributed by atoms with van der Waals surface area (Å²) in [6.07, 6.45) is 4.94. The van der Waals surface area contributed by atoms with E-state index in [4.69, 9.17) is 0 Å². The van der Waals surface area contributed by atoms with E-state index in [1.54, 1.807) is 0 Å². The topological polar surface area (TPSA) is 55.6 Å². The van der Waals surface area contributed by atoms with Crippen LogP contribution in [0.15, 0.2) is 12.3 Å². The van der Waals surface area contributed by atoms with Gasteiger partial charge in [-0.15, -0.1) is 0 Å². The van der Waals surface area contributed by atoms with Gasteiger partial charge in [0.05, 0.1) is 5.69 Å². The molecule has 0 unspecified atom stereocenters. The van der Waals surface area contributed by atoms with Crippen LogP contribution in [0.25, 0.3) is 5.82 Å². The fraction of sp³-hybridized carbons (Fsp3) is 0.533. The van der Waals surface area contributed by atoms with Gasteiger partial charge < -0.3 is 5.32 Å². The molecular weight excluding hydrogens is 250 g/mol. The number of nitrogens with one attached hydrogen (secondary N) is 1. The molecule has 2 aromatic rings. The van der Waals surface area contributed by atoms with Gasteiger partial charge in [-0.05, 0) is 32.8 Å². The highest BCUT2D eigenvalue weighted by Crippen LogP contribution is 2.19. The molecule has 0 aliphatic rings. The first kappa shape index (κ1) is 14.5. The molecule has 0 saturated carbocycles. The van der Waals surface area contributed by atoms with E-state index in [9.17, 15) is 0 Å². The van der Waals surface area contributed by atoms with Crippen LogP contribution in [-0.2, 0) is 6.42 Å². The Morgan fingerprint density at radius 2 is 1.95 bits per heavy atom. The summed E-state index contributed by atoms with van der Waals surface area (Å²) >= 11 is 0. The fourth-order valence-corrected chi connectivity index (χ4v) is 2.06. The SMILES string of the molecule is CCCNc1nc(CCC)nc(-n2ccc(C)n2)c1C. The average molecular weight is 273 g/mol. The van der Waals surface area contributed by atoms with Gasteiger partial charge in [-0.1, -0.05) is 13.8 Å². The molecule has 108 valence electrons. The van der Waals surface area contributed by atoms with Crippen molar-refractivity contribution in [3.63, 3.8) is 0 Å². The van der Waals surface area contributed by atoms with Crippen molar-refractivity contribution in [1.29, 1.82) is 0 Å². The van der Waals surface area contributed by atoms with Gasteiger partial charge in [0.1, 0.15) is 11.6 Å². The van der Waals surface area contributed by atoms with Crippen molar-refractivity contribution < 1.29 is 0 Å². The lowest BCUT2D eigenvalue weighted by molar-refractivity contribution is 0.771. The largest absolute Gasteiger partial charge is 0.370 e. The number of hydrogen-bond acceptors (Lipinski definition) is 4. The highest BCUT2D eigenvalue weighted by molar-refractivity contribution is 5.51. The number of aryl methyl sites for hydroxylation is 2. The summed E-state index contributed by atoms with van der Waals surface area (Å²) in [5.41, 5.74) is 2.03. The Balaban J connectivity index is 2.45. The first-order valence-corrected chi connectivity index (χ1v) is 7.29. The van der Waals surface area contributed by atoms with E-state index in [1.165, 1.54) is 0 Å². The molecule has 0 aliphatic carbocycles. The molecule has 0 amide bonds. The predicted molar refractivity (Wildman–Crippen MR) is 81.4 cm³/mol. The van der Waals surface area contributed by atoms with Gasteiger partial charge in [0.2, 0.25) is 0 Å². The van der Waals surface area contributed by atoms with Crippen molar-refractivity contribution in [1.82, 2.24) is 19.7 Å². The molecule has 2 aromatic heterocycles. The molecule has 0 atom stereocenters. The number of nitrogens with zero attached hydrogens (tertiary/aromatic N) is 4. The van der Waals surface area contributed by atoms with E-state index in [2.05, 4.69) is 34.2 Å². The molecule has 0 aromatic carbocycles. The standard InChI is InChI=1S/C15H23N5/c1-5-7-13-17-14(16-9-6-2)12(4)15(18-13)20-10-8-11(3)19-20/h8,10H,5-7,9H2,1-4H3,(H,16,17,18). The molecule has 5 nitrogen and oxygen atoms in total. The monoisotopic (exact) mass is 273 g/mol. The summed E-state index contributed by atoms with van der Waals surface area (Å²) in [5, 5.41) is 7.85. The van der Waals surface area contributed by atoms with E-state index in [0.717, 1.165) is 54.5 Å². The highest BCUT2D eigenvalue weighted by Gasteiger charge is 2.12. The molecule has 2 rings (SSSR count). The summed E-state index contributed by atoms with van der Waals surface area (Å²) in [7, 11) is 0. The molecule has 20 heavy (non-hydrogen) atoms. The van der Waals surface area contributed by atoms with Crippen molar-refractivity contribution in [2.45, 2.75) is 47.0 Å². The molecule has 0 fully saturated rings. The van der Waals surface area contributed by atoms with Crippen LogP contribution in [0.1, 0.15) is 43.8 Å². The molecule has 0 aliphatic heterocycles. The van der Waals surface area contributed by atoms with Gasteiger partial charge in [-0.2, -0.15) is 5.10 Å². The van der Waals surface area contributed by atoms with E-state index in [-0.39, 0.29) is 0 Å². The van der Waals surface area contributed by atoms with E-state index in [0.29, 0.717) is 0 Å². The Hall–Kier alpha value is -1.91. The Labute approximate surface area is 120 Å². The molecule has 1 N–H and O–H groups in total. The third-order valence-corrected chi connectivity index (χ3v) is 3.12. The first-order chi connectivity index (χ1) is 9.65. The zero-order valence-corrected chi connectivity index (χ0v) is 12.8. The Morgan fingerprint density at radius 1 is 1.15 bits per heavy atom. The maximum atomic E-state index is 4.66. The van der Waals surface area contributed by atoms with E-state index < -0.39 is 0 Å². The van der Waals surface area contributed by atoms with Gasteiger partial charge in [0.25, 0.3) is 0 Å². The summed E-state index contributed by atoms with van der Waals surface area (Å²) in [6, 6.07) is 1.99. The van der Waals surface area contributed by atoms with Gasteiger partial charge >= 0.3 is 0 Å². The molecule has 2 heterocycles. The fourth-order valence-electron chi connectivity index (χ4n) is 2.06. The molecule has 0 radical (unpaired) electrons. The summed E-state index contributed by atoms with van der Waals surface area (Å²) in [6.45, 7) is 9.23. The molecule has 5 heteroatoms. The number of anilines is 1. The lowest BCUT2D eigenvalue weighted by Gasteiger charge is -2.13. The van der Waals surface area contributed by atoms with Gasteiger partial charge in [-0.3, -0.25) is 0 Å². The van der Waals surface area contributed by atoms with Crippen molar-refractivity contribution in [3.8, 4) is 5.82 Å². The third kappa shape index (κ3) is 3.15. The van der Waals surface area contributed by atoms with Crippen LogP contribution in [-0.4, -0.2) is 26.3 Å². The van der Waals surface area contributed by atoms with Crippen molar-refractivity contribution in [3.05, 3.63) is 29.3 Å². The zero-order chi connectivity index (χ0) is 14.5. The van der Waals surface area contributed by atoms with Crippen LogP contribution in [0.2, 0.25) is 0 Å². The molecule has 0 bridgehead atoms. The van der Waals surface area contributed by atoms with E-state index in [1.807, 2.05) is 30.8 Å². The third-order valence-electron chi connectivity index (χ3n) is 3.12. The first-order valence-electron chi connectivity index (χ1n) is 7.29. The molecule has 0 saturated heterocycles. The minimum absolute atomic E-state index is 0.871. The number of aromatic nitrogens is 4. The Bertz CT molecular complexity index is 574. The van der Waals surface area contributed by atoms with Crippen LogP contribution >= 0.6 is 0 Å². The molecular formula is C15H23N5. The van der Waals surface area contributed by atoms with Crippen molar-refractivity contribution in [2.75, 3.05) is 11.9 Å². The van der Waals surface area contributed by atoms with Gasteiger partial charge in [0.15, 0.2) is 5.82 Å². The minimum atomic E-state index is 0.871. The number of rotatable bonds is 6. The smallest absolute Gasteiger partial charge is 0.162 e. The van der Waals surface area contributed by atoms with Gasteiger partial charge in [-0.25, -0.2) is 14.6 Å². The van der Waals surface area contributed by atoms with Crippen LogP contribution in [0.5, 0.6) is 0 Å². The summed E-state index contributed by atoms with van der Waals surface area (Å²) in [5.74, 6) is 2.67. The highest BCUT2D eigenvalue weighted by atomic mass is 15.3.